The average molecular weight is 262 g/mol. The summed E-state index contributed by atoms with van der Waals surface area (Å²) in [7, 11) is -3.57. The van der Waals surface area contributed by atoms with Gasteiger partial charge in [0.1, 0.15) is 4.21 Å². The SMILES string of the molecule is CCNC(=O)[C@H](C)NS(=O)(=O)c1cccs1. The van der Waals surface area contributed by atoms with Gasteiger partial charge in [0.05, 0.1) is 6.04 Å². The van der Waals surface area contributed by atoms with Gasteiger partial charge < -0.3 is 5.32 Å². The zero-order chi connectivity index (χ0) is 12.2. The molecule has 0 radical (unpaired) electrons. The number of sulfonamides is 1. The van der Waals surface area contributed by atoms with Crippen LogP contribution in [0.2, 0.25) is 0 Å². The second-order valence-electron chi connectivity index (χ2n) is 3.17. The number of hydrogen-bond acceptors (Lipinski definition) is 4. The van der Waals surface area contributed by atoms with Crippen LogP contribution < -0.4 is 10.0 Å². The van der Waals surface area contributed by atoms with E-state index < -0.39 is 16.1 Å². The van der Waals surface area contributed by atoms with E-state index in [1.807, 2.05) is 0 Å². The normalized spacial score (nSPS) is 13.4. The molecule has 0 saturated carbocycles. The summed E-state index contributed by atoms with van der Waals surface area (Å²) in [5, 5.41) is 4.22. The highest BCUT2D eigenvalue weighted by Gasteiger charge is 2.21. The molecule has 1 aromatic heterocycles. The minimum atomic E-state index is -3.57. The molecule has 5 nitrogen and oxygen atoms in total. The minimum Gasteiger partial charge on any atom is -0.355 e. The van der Waals surface area contributed by atoms with Gasteiger partial charge in [-0.3, -0.25) is 4.79 Å². The van der Waals surface area contributed by atoms with Crippen molar-refractivity contribution >= 4 is 27.3 Å². The molecule has 2 N–H and O–H groups in total. The number of hydrogen-bond donors (Lipinski definition) is 2. The van der Waals surface area contributed by atoms with Crippen molar-refractivity contribution in [1.82, 2.24) is 10.0 Å². The van der Waals surface area contributed by atoms with Gasteiger partial charge in [-0.05, 0) is 25.3 Å². The van der Waals surface area contributed by atoms with Crippen molar-refractivity contribution < 1.29 is 13.2 Å². The number of likely N-dealkylation sites (N-methyl/N-ethyl adjacent to an activating group) is 1. The number of amides is 1. The molecule has 1 atom stereocenters. The predicted molar refractivity (Wildman–Crippen MR) is 62.8 cm³/mol. The van der Waals surface area contributed by atoms with Gasteiger partial charge >= 0.3 is 0 Å². The van der Waals surface area contributed by atoms with Gasteiger partial charge in [0.25, 0.3) is 10.0 Å². The molecule has 0 aliphatic heterocycles. The Bertz CT molecular complexity index is 439. The van der Waals surface area contributed by atoms with E-state index in [1.54, 1.807) is 18.4 Å². The summed E-state index contributed by atoms with van der Waals surface area (Å²) in [6.07, 6.45) is 0. The van der Waals surface area contributed by atoms with E-state index in [0.717, 1.165) is 11.3 Å². The van der Waals surface area contributed by atoms with Crippen LogP contribution in [0.5, 0.6) is 0 Å². The Labute approximate surface area is 98.9 Å². The maximum atomic E-state index is 11.7. The first-order valence-electron chi connectivity index (χ1n) is 4.81. The maximum absolute atomic E-state index is 11.7. The van der Waals surface area contributed by atoms with Crippen LogP contribution in [0.4, 0.5) is 0 Å². The monoisotopic (exact) mass is 262 g/mol. The van der Waals surface area contributed by atoms with Crippen molar-refractivity contribution in [2.75, 3.05) is 6.54 Å². The molecule has 0 spiro atoms. The summed E-state index contributed by atoms with van der Waals surface area (Å²) in [4.78, 5) is 11.4. The lowest BCUT2D eigenvalue weighted by Gasteiger charge is -2.12. The molecule has 0 aliphatic carbocycles. The first kappa shape index (κ1) is 13.1. The molecule has 0 aliphatic rings. The van der Waals surface area contributed by atoms with E-state index in [9.17, 15) is 13.2 Å². The zero-order valence-electron chi connectivity index (χ0n) is 9.06. The highest BCUT2D eigenvalue weighted by Crippen LogP contribution is 2.15. The van der Waals surface area contributed by atoms with Crippen molar-refractivity contribution in [2.45, 2.75) is 24.1 Å². The van der Waals surface area contributed by atoms with Crippen LogP contribution in [0.15, 0.2) is 21.7 Å². The van der Waals surface area contributed by atoms with Gasteiger partial charge in [0.15, 0.2) is 0 Å². The molecule has 0 bridgehead atoms. The van der Waals surface area contributed by atoms with E-state index in [-0.39, 0.29) is 10.1 Å². The third-order valence-electron chi connectivity index (χ3n) is 1.84. The summed E-state index contributed by atoms with van der Waals surface area (Å²) in [6.45, 7) is 3.76. The third kappa shape index (κ3) is 3.29. The first-order valence-corrected chi connectivity index (χ1v) is 7.17. The molecule has 0 saturated heterocycles. The smallest absolute Gasteiger partial charge is 0.250 e. The molecule has 1 heterocycles. The molecule has 0 aromatic carbocycles. The fraction of sp³-hybridized carbons (Fsp3) is 0.444. The van der Waals surface area contributed by atoms with Crippen LogP contribution in [0.1, 0.15) is 13.8 Å². The number of rotatable bonds is 5. The maximum Gasteiger partial charge on any atom is 0.250 e. The summed E-state index contributed by atoms with van der Waals surface area (Å²) >= 11 is 1.11. The van der Waals surface area contributed by atoms with Gasteiger partial charge in [-0.2, -0.15) is 4.72 Å². The van der Waals surface area contributed by atoms with Crippen LogP contribution >= 0.6 is 11.3 Å². The topological polar surface area (TPSA) is 75.3 Å². The van der Waals surface area contributed by atoms with Gasteiger partial charge in [-0.1, -0.05) is 6.07 Å². The van der Waals surface area contributed by atoms with Crippen molar-refractivity contribution in [3.63, 3.8) is 0 Å². The minimum absolute atomic E-state index is 0.212. The lowest BCUT2D eigenvalue weighted by molar-refractivity contribution is -0.122. The summed E-state index contributed by atoms with van der Waals surface area (Å²) in [5.41, 5.74) is 0. The van der Waals surface area contributed by atoms with Crippen molar-refractivity contribution in [2.24, 2.45) is 0 Å². The van der Waals surface area contributed by atoms with Crippen LogP contribution in [0.25, 0.3) is 0 Å². The summed E-state index contributed by atoms with van der Waals surface area (Å²) in [6, 6.07) is 2.38. The Morgan fingerprint density at radius 2 is 2.25 bits per heavy atom. The van der Waals surface area contributed by atoms with E-state index in [4.69, 9.17) is 0 Å². The van der Waals surface area contributed by atoms with Crippen molar-refractivity contribution in [3.05, 3.63) is 17.5 Å². The zero-order valence-corrected chi connectivity index (χ0v) is 10.7. The molecule has 16 heavy (non-hydrogen) atoms. The van der Waals surface area contributed by atoms with E-state index in [0.29, 0.717) is 6.54 Å². The second-order valence-corrected chi connectivity index (χ2v) is 6.06. The molecule has 7 heteroatoms. The van der Waals surface area contributed by atoms with Crippen molar-refractivity contribution in [3.8, 4) is 0 Å². The first-order chi connectivity index (χ1) is 7.47. The third-order valence-corrected chi connectivity index (χ3v) is 4.77. The fourth-order valence-corrected chi connectivity index (χ4v) is 3.30. The number of nitrogens with one attached hydrogen (secondary N) is 2. The van der Waals surface area contributed by atoms with Crippen LogP contribution in [-0.2, 0) is 14.8 Å². The second kappa shape index (κ2) is 5.42. The van der Waals surface area contributed by atoms with Gasteiger partial charge in [0, 0.05) is 6.54 Å². The number of carbonyl (C=O) groups is 1. The Balaban J connectivity index is 2.71. The van der Waals surface area contributed by atoms with E-state index >= 15 is 0 Å². The van der Waals surface area contributed by atoms with E-state index in [1.165, 1.54) is 13.0 Å². The number of carbonyl (C=O) groups excluding carboxylic acids is 1. The van der Waals surface area contributed by atoms with Gasteiger partial charge in [0.2, 0.25) is 5.91 Å². The Hall–Kier alpha value is -0.920. The average Bonchev–Trinajstić information content (AvgIpc) is 2.70. The molecule has 0 unspecified atom stereocenters. The lowest BCUT2D eigenvalue weighted by Crippen LogP contribution is -2.44. The highest BCUT2D eigenvalue weighted by atomic mass is 32.2. The molecule has 1 aromatic rings. The van der Waals surface area contributed by atoms with Crippen LogP contribution in [0.3, 0.4) is 0 Å². The molecule has 1 amide bonds. The quantitative estimate of drug-likeness (QED) is 0.813. The molecular formula is C9H14N2O3S2. The highest BCUT2D eigenvalue weighted by molar-refractivity contribution is 7.91. The Kier molecular flexibility index (Phi) is 4.45. The Morgan fingerprint density at radius 1 is 1.56 bits per heavy atom. The van der Waals surface area contributed by atoms with E-state index in [2.05, 4.69) is 10.0 Å². The molecule has 1 rings (SSSR count). The summed E-state index contributed by atoms with van der Waals surface area (Å²) < 4.78 is 26.0. The standard InChI is InChI=1S/C9H14N2O3S2/c1-3-10-9(12)7(2)11-16(13,14)8-5-4-6-15-8/h4-7,11H,3H2,1-2H3,(H,10,12)/t7-/m0/s1. The van der Waals surface area contributed by atoms with Crippen molar-refractivity contribution in [1.29, 1.82) is 0 Å². The largest absolute Gasteiger partial charge is 0.355 e. The molecule has 90 valence electrons. The van der Waals surface area contributed by atoms with Crippen LogP contribution in [0, 0.1) is 0 Å². The molecular weight excluding hydrogens is 248 g/mol. The fourth-order valence-electron chi connectivity index (χ4n) is 1.09. The predicted octanol–water partition coefficient (Wildman–Crippen LogP) is 0.551. The van der Waals surface area contributed by atoms with Gasteiger partial charge in [-0.15, -0.1) is 11.3 Å². The Morgan fingerprint density at radius 3 is 2.75 bits per heavy atom. The number of thiophene rings is 1. The van der Waals surface area contributed by atoms with Crippen LogP contribution in [-0.4, -0.2) is 26.9 Å². The summed E-state index contributed by atoms with van der Waals surface area (Å²) in [5.74, 6) is -0.331. The lowest BCUT2D eigenvalue weighted by atomic mass is 10.3. The molecule has 0 fully saturated rings. The van der Waals surface area contributed by atoms with Gasteiger partial charge in [-0.25, -0.2) is 8.42 Å².